The molecule has 112 valence electrons. The van der Waals surface area contributed by atoms with Crippen molar-refractivity contribution >= 4 is 11.6 Å². The summed E-state index contributed by atoms with van der Waals surface area (Å²) in [6.07, 6.45) is 0.758. The molecule has 1 atom stereocenters. The number of nitrogens with two attached hydrogens (primary N) is 1. The highest BCUT2D eigenvalue weighted by molar-refractivity contribution is 5.97. The largest absolute Gasteiger partial charge is 0.320 e. The number of carbonyl (C=O) groups is 1. The molecule has 1 amide bonds. The lowest BCUT2D eigenvalue weighted by atomic mass is 10.1. The van der Waals surface area contributed by atoms with E-state index in [0.717, 1.165) is 11.3 Å². The number of carbonyl (C=O) groups excluding carboxylic acids is 1. The maximum atomic E-state index is 12.6. The molecule has 1 unspecified atom stereocenters. The molecule has 0 heterocycles. The Morgan fingerprint density at radius 3 is 2.27 bits per heavy atom. The third kappa shape index (κ3) is 4.18. The lowest BCUT2D eigenvalue weighted by Crippen LogP contribution is -2.45. The van der Waals surface area contributed by atoms with Gasteiger partial charge in [-0.15, -0.1) is 0 Å². The Balaban J connectivity index is 2.13. The van der Waals surface area contributed by atoms with Crippen LogP contribution >= 0.6 is 0 Å². The molecule has 22 heavy (non-hydrogen) atoms. The molecule has 0 aliphatic heterocycles. The van der Waals surface area contributed by atoms with E-state index in [1.54, 1.807) is 4.90 Å². The van der Waals surface area contributed by atoms with Crippen molar-refractivity contribution in [1.29, 1.82) is 5.26 Å². The van der Waals surface area contributed by atoms with Gasteiger partial charge in [-0.3, -0.25) is 4.79 Å². The Hall–Kier alpha value is -2.64. The van der Waals surface area contributed by atoms with E-state index in [4.69, 9.17) is 11.0 Å². The topological polar surface area (TPSA) is 70.1 Å². The summed E-state index contributed by atoms with van der Waals surface area (Å²) in [6.45, 7) is 0.349. The van der Waals surface area contributed by atoms with Crippen molar-refractivity contribution in [2.24, 2.45) is 5.73 Å². The van der Waals surface area contributed by atoms with Crippen molar-refractivity contribution in [2.75, 3.05) is 11.4 Å². The summed E-state index contributed by atoms with van der Waals surface area (Å²) in [5.74, 6) is -0.162. The standard InChI is InChI=1S/C18H19N3O/c19-12-7-13-21(16-10-5-2-6-11-16)18(22)17(20)14-15-8-3-1-4-9-15/h1-6,8-11,17H,7,13-14,20H2. The fourth-order valence-corrected chi connectivity index (χ4v) is 2.29. The maximum Gasteiger partial charge on any atom is 0.244 e. The van der Waals surface area contributed by atoms with Crippen LogP contribution in [0.4, 0.5) is 5.69 Å². The normalized spacial score (nSPS) is 11.5. The van der Waals surface area contributed by atoms with Crippen molar-refractivity contribution in [3.05, 3.63) is 66.2 Å². The molecule has 0 spiro atoms. The van der Waals surface area contributed by atoms with Crippen molar-refractivity contribution < 1.29 is 4.79 Å². The highest BCUT2D eigenvalue weighted by Crippen LogP contribution is 2.16. The van der Waals surface area contributed by atoms with Gasteiger partial charge in [-0.05, 0) is 24.1 Å². The van der Waals surface area contributed by atoms with Gasteiger partial charge in [0.05, 0.1) is 18.5 Å². The second-order valence-corrected chi connectivity index (χ2v) is 5.03. The average molecular weight is 293 g/mol. The lowest BCUT2D eigenvalue weighted by Gasteiger charge is -2.25. The number of nitriles is 1. The molecule has 0 radical (unpaired) electrons. The molecule has 2 rings (SSSR count). The Labute approximate surface area is 130 Å². The summed E-state index contributed by atoms with van der Waals surface area (Å²) in [6, 6.07) is 20.5. The molecule has 0 aliphatic carbocycles. The van der Waals surface area contributed by atoms with Gasteiger partial charge < -0.3 is 10.6 Å². The first-order valence-corrected chi connectivity index (χ1v) is 7.25. The molecule has 4 heteroatoms. The smallest absolute Gasteiger partial charge is 0.244 e. The molecule has 2 aromatic rings. The van der Waals surface area contributed by atoms with Gasteiger partial charge in [0.2, 0.25) is 5.91 Å². The Morgan fingerprint density at radius 2 is 1.68 bits per heavy atom. The van der Waals surface area contributed by atoms with Crippen LogP contribution in [0, 0.1) is 11.3 Å². The van der Waals surface area contributed by atoms with Crippen LogP contribution in [-0.2, 0) is 11.2 Å². The second kappa shape index (κ2) is 7.96. The SMILES string of the molecule is N#CCCN(C(=O)C(N)Cc1ccccc1)c1ccccc1. The first-order chi connectivity index (χ1) is 10.7. The summed E-state index contributed by atoms with van der Waals surface area (Å²) in [4.78, 5) is 14.2. The summed E-state index contributed by atoms with van der Waals surface area (Å²) >= 11 is 0. The van der Waals surface area contributed by atoms with Crippen LogP contribution in [0.5, 0.6) is 0 Å². The fraction of sp³-hybridized carbons (Fsp3) is 0.222. The van der Waals surface area contributed by atoms with E-state index in [2.05, 4.69) is 6.07 Å². The van der Waals surface area contributed by atoms with Crippen LogP contribution < -0.4 is 10.6 Å². The van der Waals surface area contributed by atoms with Gasteiger partial charge in [-0.1, -0.05) is 48.5 Å². The number of para-hydroxylation sites is 1. The highest BCUT2D eigenvalue weighted by atomic mass is 16.2. The Kier molecular flexibility index (Phi) is 5.70. The van der Waals surface area contributed by atoms with Crippen LogP contribution in [0.3, 0.4) is 0 Å². The number of hydrogen-bond acceptors (Lipinski definition) is 3. The molecular weight excluding hydrogens is 274 g/mol. The zero-order valence-corrected chi connectivity index (χ0v) is 12.4. The molecule has 0 bridgehead atoms. The highest BCUT2D eigenvalue weighted by Gasteiger charge is 2.22. The van der Waals surface area contributed by atoms with Crippen molar-refractivity contribution in [2.45, 2.75) is 18.9 Å². The van der Waals surface area contributed by atoms with E-state index in [-0.39, 0.29) is 12.3 Å². The molecule has 0 aliphatic rings. The molecule has 4 nitrogen and oxygen atoms in total. The van der Waals surface area contributed by atoms with E-state index < -0.39 is 6.04 Å². The van der Waals surface area contributed by atoms with E-state index in [9.17, 15) is 4.79 Å². The van der Waals surface area contributed by atoms with Gasteiger partial charge in [0, 0.05) is 12.2 Å². The molecule has 0 fully saturated rings. The van der Waals surface area contributed by atoms with E-state index >= 15 is 0 Å². The molecular formula is C18H19N3O. The van der Waals surface area contributed by atoms with Crippen LogP contribution in [0.2, 0.25) is 0 Å². The van der Waals surface area contributed by atoms with E-state index in [1.807, 2.05) is 60.7 Å². The lowest BCUT2D eigenvalue weighted by molar-refractivity contribution is -0.119. The minimum atomic E-state index is -0.624. The number of benzene rings is 2. The number of hydrogen-bond donors (Lipinski definition) is 1. The molecule has 0 saturated heterocycles. The summed E-state index contributed by atoms with van der Waals surface area (Å²) in [5, 5.41) is 8.80. The second-order valence-electron chi connectivity index (χ2n) is 5.03. The molecule has 2 N–H and O–H groups in total. The Bertz CT molecular complexity index is 634. The monoisotopic (exact) mass is 293 g/mol. The van der Waals surface area contributed by atoms with Gasteiger partial charge in [0.15, 0.2) is 0 Å². The van der Waals surface area contributed by atoms with Crippen LogP contribution in [0.1, 0.15) is 12.0 Å². The van der Waals surface area contributed by atoms with Gasteiger partial charge in [0.25, 0.3) is 0 Å². The number of amides is 1. The van der Waals surface area contributed by atoms with Crippen molar-refractivity contribution in [3.63, 3.8) is 0 Å². The van der Waals surface area contributed by atoms with E-state index in [0.29, 0.717) is 13.0 Å². The Morgan fingerprint density at radius 1 is 1.09 bits per heavy atom. The maximum absolute atomic E-state index is 12.6. The first-order valence-electron chi connectivity index (χ1n) is 7.25. The van der Waals surface area contributed by atoms with Gasteiger partial charge >= 0.3 is 0 Å². The number of nitrogens with zero attached hydrogens (tertiary/aromatic N) is 2. The predicted octanol–water partition coefficient (Wildman–Crippen LogP) is 2.50. The third-order valence-electron chi connectivity index (χ3n) is 3.40. The zero-order chi connectivity index (χ0) is 15.8. The first kappa shape index (κ1) is 15.7. The predicted molar refractivity (Wildman–Crippen MR) is 87.1 cm³/mol. The van der Waals surface area contributed by atoms with Gasteiger partial charge in [-0.25, -0.2) is 0 Å². The number of rotatable bonds is 6. The fourth-order valence-electron chi connectivity index (χ4n) is 2.29. The minimum absolute atomic E-state index is 0.162. The van der Waals surface area contributed by atoms with E-state index in [1.165, 1.54) is 0 Å². The molecule has 0 aromatic heterocycles. The average Bonchev–Trinajstić information content (AvgIpc) is 2.57. The summed E-state index contributed by atoms with van der Waals surface area (Å²) in [5.41, 5.74) is 7.88. The minimum Gasteiger partial charge on any atom is -0.320 e. The van der Waals surface area contributed by atoms with Gasteiger partial charge in [0.1, 0.15) is 0 Å². The van der Waals surface area contributed by atoms with Crippen molar-refractivity contribution in [1.82, 2.24) is 0 Å². The molecule has 0 saturated carbocycles. The third-order valence-corrected chi connectivity index (χ3v) is 3.40. The summed E-state index contributed by atoms with van der Waals surface area (Å²) in [7, 11) is 0. The number of anilines is 1. The van der Waals surface area contributed by atoms with Crippen LogP contribution in [-0.4, -0.2) is 18.5 Å². The van der Waals surface area contributed by atoms with Crippen LogP contribution in [0.25, 0.3) is 0 Å². The quantitative estimate of drug-likeness (QED) is 0.889. The van der Waals surface area contributed by atoms with Crippen molar-refractivity contribution in [3.8, 4) is 6.07 Å². The summed E-state index contributed by atoms with van der Waals surface area (Å²) < 4.78 is 0. The van der Waals surface area contributed by atoms with Gasteiger partial charge in [-0.2, -0.15) is 5.26 Å². The molecule has 2 aromatic carbocycles. The zero-order valence-electron chi connectivity index (χ0n) is 12.4. The van der Waals surface area contributed by atoms with Crippen LogP contribution in [0.15, 0.2) is 60.7 Å².